The Morgan fingerprint density at radius 2 is 2.10 bits per heavy atom. The predicted octanol–water partition coefficient (Wildman–Crippen LogP) is -0.0252. The summed E-state index contributed by atoms with van der Waals surface area (Å²) in [6.45, 7) is 0.162. The molecule has 1 aromatic heterocycles. The van der Waals surface area contributed by atoms with E-state index in [1.807, 2.05) is 0 Å². The molecule has 1 aromatic carbocycles. The number of aromatic amines is 2. The van der Waals surface area contributed by atoms with Crippen molar-refractivity contribution in [3.05, 3.63) is 46.4 Å². The molecule has 106 valence electrons. The zero-order chi connectivity index (χ0) is 14.4. The molecule has 0 atom stereocenters. The van der Waals surface area contributed by atoms with Crippen LogP contribution < -0.4 is 15.7 Å². The monoisotopic (exact) mass is 280 g/mol. The van der Waals surface area contributed by atoms with Crippen LogP contribution in [0, 0.1) is 5.82 Å². The molecule has 7 nitrogen and oxygen atoms in total. The number of ether oxygens (including phenoxy) is 1. The Balaban J connectivity index is 1.67. The van der Waals surface area contributed by atoms with Crippen LogP contribution in [0.2, 0.25) is 0 Å². The van der Waals surface area contributed by atoms with Crippen molar-refractivity contribution in [3.8, 4) is 5.75 Å². The van der Waals surface area contributed by atoms with Crippen LogP contribution >= 0.6 is 0 Å². The minimum Gasteiger partial charge on any atom is -0.484 e. The van der Waals surface area contributed by atoms with Crippen molar-refractivity contribution in [2.45, 2.75) is 6.42 Å². The van der Waals surface area contributed by atoms with Gasteiger partial charge in [-0.25, -0.2) is 14.3 Å². The maximum absolute atomic E-state index is 12.6. The molecule has 0 spiro atoms. The van der Waals surface area contributed by atoms with Crippen LogP contribution in [0.4, 0.5) is 4.39 Å². The predicted molar refractivity (Wildman–Crippen MR) is 67.8 cm³/mol. The van der Waals surface area contributed by atoms with Gasteiger partial charge in [-0.15, -0.1) is 0 Å². The lowest BCUT2D eigenvalue weighted by atomic mass is 10.3. The maximum Gasteiger partial charge on any atom is 0.340 e. The fourth-order valence-corrected chi connectivity index (χ4v) is 1.47. The third-order valence-electron chi connectivity index (χ3n) is 2.42. The molecule has 0 unspecified atom stereocenters. The lowest BCUT2D eigenvalue weighted by Crippen LogP contribution is -2.30. The van der Waals surface area contributed by atoms with Crippen LogP contribution in [0.25, 0.3) is 0 Å². The van der Waals surface area contributed by atoms with Crippen molar-refractivity contribution >= 4 is 5.91 Å². The van der Waals surface area contributed by atoms with Gasteiger partial charge < -0.3 is 10.1 Å². The van der Waals surface area contributed by atoms with Crippen LogP contribution in [0.3, 0.4) is 0 Å². The zero-order valence-corrected chi connectivity index (χ0v) is 10.5. The Morgan fingerprint density at radius 1 is 1.35 bits per heavy atom. The number of benzene rings is 1. The van der Waals surface area contributed by atoms with Gasteiger partial charge >= 0.3 is 5.69 Å². The first-order chi connectivity index (χ1) is 9.63. The second-order valence-corrected chi connectivity index (χ2v) is 3.97. The number of carbonyl (C=O) groups is 1. The van der Waals surface area contributed by atoms with Gasteiger partial charge in [-0.3, -0.25) is 9.78 Å². The van der Waals surface area contributed by atoms with Gasteiger partial charge in [0.2, 0.25) is 0 Å². The minimum atomic E-state index is -0.383. The van der Waals surface area contributed by atoms with Crippen LogP contribution in [-0.2, 0) is 11.2 Å². The molecule has 20 heavy (non-hydrogen) atoms. The van der Waals surface area contributed by atoms with Crippen LogP contribution in [0.15, 0.2) is 29.1 Å². The second-order valence-electron chi connectivity index (χ2n) is 3.97. The molecule has 0 saturated carbocycles. The first kappa shape index (κ1) is 13.8. The lowest BCUT2D eigenvalue weighted by Gasteiger charge is -2.06. The number of aromatic nitrogens is 3. The summed E-state index contributed by atoms with van der Waals surface area (Å²) in [6.07, 6.45) is 0.404. The van der Waals surface area contributed by atoms with Crippen molar-refractivity contribution in [1.29, 1.82) is 0 Å². The minimum absolute atomic E-state index is 0.164. The average molecular weight is 280 g/mol. The molecule has 0 saturated heterocycles. The molecular formula is C12H13FN4O3. The normalized spacial score (nSPS) is 10.2. The number of nitrogens with zero attached hydrogens (tertiary/aromatic N) is 1. The van der Waals surface area contributed by atoms with Gasteiger partial charge in [0.15, 0.2) is 6.61 Å². The molecule has 3 N–H and O–H groups in total. The summed E-state index contributed by atoms with van der Waals surface area (Å²) in [5.74, 6) is 0.204. The maximum atomic E-state index is 12.6. The number of nitrogens with one attached hydrogen (secondary N) is 3. The highest BCUT2D eigenvalue weighted by Gasteiger charge is 2.04. The topological polar surface area (TPSA) is 99.9 Å². The Labute approximate surface area is 113 Å². The van der Waals surface area contributed by atoms with Gasteiger partial charge in [0.05, 0.1) is 0 Å². The number of hydrogen-bond donors (Lipinski definition) is 3. The second kappa shape index (κ2) is 6.50. The van der Waals surface area contributed by atoms with Gasteiger partial charge in [-0.05, 0) is 24.3 Å². The highest BCUT2D eigenvalue weighted by Crippen LogP contribution is 2.10. The number of H-pyrrole nitrogens is 2. The van der Waals surface area contributed by atoms with Crippen LogP contribution in [0.1, 0.15) is 5.82 Å². The fraction of sp³-hybridized carbons (Fsp3) is 0.250. The summed E-state index contributed by atoms with van der Waals surface area (Å²) < 4.78 is 17.8. The summed E-state index contributed by atoms with van der Waals surface area (Å²) in [5, 5.41) is 8.54. The van der Waals surface area contributed by atoms with Gasteiger partial charge in [0, 0.05) is 13.0 Å². The Morgan fingerprint density at radius 3 is 2.75 bits per heavy atom. The number of carbonyl (C=O) groups excluding carboxylic acids is 1. The van der Waals surface area contributed by atoms with Crippen molar-refractivity contribution in [3.63, 3.8) is 0 Å². The number of amides is 1. The van der Waals surface area contributed by atoms with E-state index >= 15 is 0 Å². The Hall–Kier alpha value is -2.64. The molecule has 0 fully saturated rings. The van der Waals surface area contributed by atoms with E-state index < -0.39 is 0 Å². The molecular weight excluding hydrogens is 267 g/mol. The first-order valence-electron chi connectivity index (χ1n) is 5.92. The molecule has 1 amide bonds. The molecule has 1 heterocycles. The number of rotatable bonds is 6. The van der Waals surface area contributed by atoms with E-state index in [2.05, 4.69) is 20.5 Å². The van der Waals surface area contributed by atoms with Crippen molar-refractivity contribution in [2.75, 3.05) is 13.2 Å². The highest BCUT2D eigenvalue weighted by atomic mass is 19.1. The Bertz CT molecular complexity index is 620. The number of halogens is 1. The molecule has 0 aliphatic heterocycles. The van der Waals surface area contributed by atoms with Gasteiger partial charge in [-0.2, -0.15) is 5.10 Å². The summed E-state index contributed by atoms with van der Waals surface area (Å²) in [5.41, 5.74) is -0.383. The summed E-state index contributed by atoms with van der Waals surface area (Å²) in [6, 6.07) is 5.39. The van der Waals surface area contributed by atoms with E-state index in [1.165, 1.54) is 24.3 Å². The molecule has 0 radical (unpaired) electrons. The Kier molecular flexibility index (Phi) is 4.48. The molecule has 0 aliphatic carbocycles. The van der Waals surface area contributed by atoms with Crippen molar-refractivity contribution < 1.29 is 13.9 Å². The lowest BCUT2D eigenvalue weighted by molar-refractivity contribution is -0.123. The van der Waals surface area contributed by atoms with E-state index in [9.17, 15) is 14.0 Å². The SMILES string of the molecule is O=C(COc1ccc(F)cc1)NCCc1n[nH]c(=O)[nH]1. The van der Waals surface area contributed by atoms with Crippen LogP contribution in [0.5, 0.6) is 5.75 Å². The smallest absolute Gasteiger partial charge is 0.340 e. The van der Waals surface area contributed by atoms with Crippen molar-refractivity contribution in [1.82, 2.24) is 20.5 Å². The van der Waals surface area contributed by atoms with Gasteiger partial charge in [-0.1, -0.05) is 0 Å². The van der Waals surface area contributed by atoms with E-state index in [1.54, 1.807) is 0 Å². The quantitative estimate of drug-likeness (QED) is 0.692. The van der Waals surface area contributed by atoms with E-state index in [0.717, 1.165) is 0 Å². The first-order valence-corrected chi connectivity index (χ1v) is 5.92. The van der Waals surface area contributed by atoms with Gasteiger partial charge in [0.25, 0.3) is 5.91 Å². The zero-order valence-electron chi connectivity index (χ0n) is 10.5. The third kappa shape index (κ3) is 4.23. The van der Waals surface area contributed by atoms with Crippen molar-refractivity contribution in [2.24, 2.45) is 0 Å². The molecule has 8 heteroatoms. The molecule has 0 aliphatic rings. The van der Waals surface area contributed by atoms with Gasteiger partial charge in [0.1, 0.15) is 17.4 Å². The van der Waals surface area contributed by atoms with E-state index in [-0.39, 0.29) is 24.0 Å². The summed E-state index contributed by atoms with van der Waals surface area (Å²) in [4.78, 5) is 24.7. The van der Waals surface area contributed by atoms with E-state index in [0.29, 0.717) is 24.5 Å². The van der Waals surface area contributed by atoms with Crippen LogP contribution in [-0.4, -0.2) is 34.2 Å². The average Bonchev–Trinajstić information content (AvgIpc) is 2.84. The third-order valence-corrected chi connectivity index (χ3v) is 2.42. The fourth-order valence-electron chi connectivity index (χ4n) is 1.47. The highest BCUT2D eigenvalue weighted by molar-refractivity contribution is 5.77. The molecule has 0 bridgehead atoms. The number of hydrogen-bond acceptors (Lipinski definition) is 4. The summed E-state index contributed by atoms with van der Waals surface area (Å²) >= 11 is 0. The van der Waals surface area contributed by atoms with E-state index in [4.69, 9.17) is 4.74 Å². The molecule has 2 rings (SSSR count). The molecule has 2 aromatic rings. The largest absolute Gasteiger partial charge is 0.484 e. The summed E-state index contributed by atoms with van der Waals surface area (Å²) in [7, 11) is 0. The standard InChI is InChI=1S/C12H13FN4O3/c13-8-1-3-9(4-2-8)20-7-11(18)14-6-5-10-15-12(19)17-16-10/h1-4H,5-7H2,(H,14,18)(H2,15,16,17,19).